The van der Waals surface area contributed by atoms with Crippen LogP contribution in [0.15, 0.2) is 11.1 Å². The Hall–Kier alpha value is -1.52. The van der Waals surface area contributed by atoms with Crippen LogP contribution in [-0.4, -0.2) is 54.6 Å². The second-order valence-corrected chi connectivity index (χ2v) is 5.12. The Labute approximate surface area is 106 Å². The summed E-state index contributed by atoms with van der Waals surface area (Å²) in [5, 5.41) is 0. The number of piperidine rings is 1. The van der Waals surface area contributed by atoms with Gasteiger partial charge >= 0.3 is 6.09 Å². The first-order valence-electron chi connectivity index (χ1n) is 6.63. The van der Waals surface area contributed by atoms with Gasteiger partial charge in [0.05, 0.1) is 6.54 Å². The normalized spacial score (nSPS) is 23.4. The van der Waals surface area contributed by atoms with E-state index in [9.17, 15) is 9.59 Å². The number of cyclic esters (lactones) is 1. The van der Waals surface area contributed by atoms with Crippen LogP contribution in [0.3, 0.4) is 0 Å². The molecular formula is C13H18N2O3. The smallest absolute Gasteiger partial charge is 0.410 e. The monoisotopic (exact) mass is 250 g/mol. The van der Waals surface area contributed by atoms with Crippen molar-refractivity contribution in [2.75, 3.05) is 32.8 Å². The third-order valence-electron chi connectivity index (χ3n) is 3.89. The minimum atomic E-state index is -0.360. The van der Waals surface area contributed by atoms with Crippen LogP contribution in [0.2, 0.25) is 0 Å². The van der Waals surface area contributed by atoms with Crippen molar-refractivity contribution in [3.8, 4) is 0 Å². The molecule has 0 aromatic heterocycles. The fraction of sp³-hybridized carbons (Fsp3) is 0.692. The minimum absolute atomic E-state index is 0.0497. The van der Waals surface area contributed by atoms with Gasteiger partial charge in [-0.25, -0.2) is 4.79 Å². The summed E-state index contributed by atoms with van der Waals surface area (Å²) < 4.78 is 4.82. The van der Waals surface area contributed by atoms with Gasteiger partial charge in [0.15, 0.2) is 0 Å². The van der Waals surface area contributed by atoms with Gasteiger partial charge in [-0.2, -0.15) is 0 Å². The second-order valence-electron chi connectivity index (χ2n) is 5.12. The predicted molar refractivity (Wildman–Crippen MR) is 65.0 cm³/mol. The van der Waals surface area contributed by atoms with E-state index in [0.717, 1.165) is 25.9 Å². The van der Waals surface area contributed by atoms with E-state index in [-0.39, 0.29) is 18.5 Å². The molecule has 98 valence electrons. The molecule has 0 unspecified atom stereocenters. The molecule has 0 bridgehead atoms. The zero-order chi connectivity index (χ0) is 12.5. The van der Waals surface area contributed by atoms with Crippen LogP contribution in [0.1, 0.15) is 25.7 Å². The maximum Gasteiger partial charge on any atom is 0.410 e. The Morgan fingerprint density at radius 2 is 1.72 bits per heavy atom. The van der Waals surface area contributed by atoms with Gasteiger partial charge in [-0.1, -0.05) is 11.1 Å². The summed E-state index contributed by atoms with van der Waals surface area (Å²) in [7, 11) is 0. The van der Waals surface area contributed by atoms with E-state index < -0.39 is 0 Å². The van der Waals surface area contributed by atoms with Crippen molar-refractivity contribution >= 4 is 12.0 Å². The molecule has 2 amide bonds. The first kappa shape index (κ1) is 11.6. The van der Waals surface area contributed by atoms with E-state index in [1.807, 2.05) is 4.90 Å². The lowest BCUT2D eigenvalue weighted by Gasteiger charge is -2.29. The van der Waals surface area contributed by atoms with Crippen LogP contribution < -0.4 is 0 Å². The summed E-state index contributed by atoms with van der Waals surface area (Å²) in [4.78, 5) is 26.7. The number of nitrogens with zero attached hydrogens (tertiary/aromatic N) is 2. The molecular weight excluding hydrogens is 232 g/mol. The average molecular weight is 250 g/mol. The van der Waals surface area contributed by atoms with Crippen LogP contribution >= 0.6 is 0 Å². The molecule has 0 aromatic carbocycles. The molecule has 0 spiro atoms. The number of amides is 2. The topological polar surface area (TPSA) is 49.9 Å². The molecule has 0 aromatic rings. The van der Waals surface area contributed by atoms with Crippen LogP contribution in [0.25, 0.3) is 0 Å². The second kappa shape index (κ2) is 4.63. The quantitative estimate of drug-likeness (QED) is 0.691. The van der Waals surface area contributed by atoms with Gasteiger partial charge in [0.25, 0.3) is 0 Å². The zero-order valence-corrected chi connectivity index (χ0v) is 10.5. The lowest BCUT2D eigenvalue weighted by molar-refractivity contribution is -0.132. The predicted octanol–water partition coefficient (Wildman–Crippen LogP) is 1.15. The standard InChI is InChI=1S/C13H18N2O3/c16-12(9-15-7-8-18-13(15)17)14-5-3-11(4-6-14)10-1-2-10/h1-9H2. The van der Waals surface area contributed by atoms with Gasteiger partial charge in [0.1, 0.15) is 13.2 Å². The fourth-order valence-corrected chi connectivity index (χ4v) is 2.63. The first-order chi connectivity index (χ1) is 8.74. The van der Waals surface area contributed by atoms with Crippen molar-refractivity contribution in [2.45, 2.75) is 25.7 Å². The van der Waals surface area contributed by atoms with Crippen LogP contribution in [0, 0.1) is 0 Å². The van der Waals surface area contributed by atoms with Crippen molar-refractivity contribution in [3.63, 3.8) is 0 Å². The third kappa shape index (κ3) is 2.35. The molecule has 2 aliphatic heterocycles. The zero-order valence-electron chi connectivity index (χ0n) is 10.5. The largest absolute Gasteiger partial charge is 0.448 e. The molecule has 3 aliphatic rings. The molecule has 18 heavy (non-hydrogen) atoms. The van der Waals surface area contributed by atoms with Gasteiger partial charge in [-0.15, -0.1) is 0 Å². The number of hydrogen-bond acceptors (Lipinski definition) is 3. The molecule has 1 saturated carbocycles. The van der Waals surface area contributed by atoms with E-state index >= 15 is 0 Å². The molecule has 0 radical (unpaired) electrons. The average Bonchev–Trinajstić information content (AvgIpc) is 3.16. The molecule has 1 aliphatic carbocycles. The Kier molecular flexibility index (Phi) is 2.97. The number of ether oxygens (including phenoxy) is 1. The first-order valence-corrected chi connectivity index (χ1v) is 6.63. The summed E-state index contributed by atoms with van der Waals surface area (Å²) in [6, 6.07) is 0. The molecule has 0 atom stereocenters. The Morgan fingerprint density at radius 1 is 1.06 bits per heavy atom. The number of allylic oxidation sites excluding steroid dienone is 1. The minimum Gasteiger partial charge on any atom is -0.448 e. The van der Waals surface area contributed by atoms with Crippen LogP contribution in [0.5, 0.6) is 0 Å². The molecule has 3 fully saturated rings. The highest BCUT2D eigenvalue weighted by Gasteiger charge is 2.28. The molecule has 0 N–H and O–H groups in total. The Bertz CT molecular complexity index is 400. The van der Waals surface area contributed by atoms with Crippen LogP contribution in [-0.2, 0) is 9.53 Å². The van der Waals surface area contributed by atoms with Gasteiger partial charge in [-0.05, 0) is 25.7 Å². The van der Waals surface area contributed by atoms with Crippen molar-refractivity contribution in [1.29, 1.82) is 0 Å². The number of rotatable bonds is 2. The van der Waals surface area contributed by atoms with Gasteiger partial charge in [0.2, 0.25) is 5.91 Å². The summed E-state index contributed by atoms with van der Waals surface area (Å²) in [6.45, 7) is 2.72. The summed E-state index contributed by atoms with van der Waals surface area (Å²) in [6.07, 6.45) is 4.21. The lowest BCUT2D eigenvalue weighted by Crippen LogP contribution is -2.43. The summed E-state index contributed by atoms with van der Waals surface area (Å²) in [5.41, 5.74) is 3.19. The molecule has 5 heteroatoms. The van der Waals surface area contributed by atoms with E-state index in [2.05, 4.69) is 0 Å². The van der Waals surface area contributed by atoms with Crippen LogP contribution in [0.4, 0.5) is 4.79 Å². The number of carbonyl (C=O) groups excluding carboxylic acids is 2. The van der Waals surface area contributed by atoms with Crippen molar-refractivity contribution < 1.29 is 14.3 Å². The number of hydrogen-bond donors (Lipinski definition) is 0. The van der Waals surface area contributed by atoms with E-state index in [1.54, 1.807) is 11.1 Å². The maximum atomic E-state index is 12.1. The molecule has 3 rings (SSSR count). The van der Waals surface area contributed by atoms with Gasteiger partial charge < -0.3 is 9.64 Å². The number of likely N-dealkylation sites (tertiary alicyclic amines) is 1. The lowest BCUT2D eigenvalue weighted by atomic mass is 10.0. The van der Waals surface area contributed by atoms with E-state index in [0.29, 0.717) is 13.2 Å². The summed E-state index contributed by atoms with van der Waals surface area (Å²) in [5.74, 6) is 0.0497. The highest BCUT2D eigenvalue weighted by molar-refractivity contribution is 5.83. The van der Waals surface area contributed by atoms with Crippen molar-refractivity contribution in [1.82, 2.24) is 9.80 Å². The summed E-state index contributed by atoms with van der Waals surface area (Å²) >= 11 is 0. The Balaban J connectivity index is 1.51. The maximum absolute atomic E-state index is 12.1. The molecule has 2 heterocycles. The van der Waals surface area contributed by atoms with E-state index in [4.69, 9.17) is 4.74 Å². The van der Waals surface area contributed by atoms with Crippen molar-refractivity contribution in [2.24, 2.45) is 0 Å². The number of carbonyl (C=O) groups is 2. The van der Waals surface area contributed by atoms with Gasteiger partial charge in [-0.3, -0.25) is 9.69 Å². The van der Waals surface area contributed by atoms with E-state index in [1.165, 1.54) is 17.7 Å². The SMILES string of the molecule is O=C(CN1CCOC1=O)N1CCC(=C2CC2)CC1. The fourth-order valence-electron chi connectivity index (χ4n) is 2.63. The van der Waals surface area contributed by atoms with Gasteiger partial charge in [0, 0.05) is 13.1 Å². The Morgan fingerprint density at radius 3 is 2.28 bits per heavy atom. The third-order valence-corrected chi connectivity index (χ3v) is 3.89. The molecule has 2 saturated heterocycles. The molecule has 5 nitrogen and oxygen atoms in total. The highest BCUT2D eigenvalue weighted by Crippen LogP contribution is 2.35. The highest BCUT2D eigenvalue weighted by atomic mass is 16.6. The van der Waals surface area contributed by atoms with Crippen molar-refractivity contribution in [3.05, 3.63) is 11.1 Å².